The van der Waals surface area contributed by atoms with Crippen molar-refractivity contribution < 1.29 is 30.0 Å². The van der Waals surface area contributed by atoms with Crippen molar-refractivity contribution in [2.75, 3.05) is 38.1 Å². The minimum Gasteiger partial charge on any atom is -0.479 e. The van der Waals surface area contributed by atoms with Crippen LogP contribution < -0.4 is 10.3 Å². The highest BCUT2D eigenvalue weighted by molar-refractivity contribution is 7.80. The highest BCUT2D eigenvalue weighted by atomic mass is 32.1. The van der Waals surface area contributed by atoms with Crippen molar-refractivity contribution in [3.8, 4) is 0 Å². The van der Waals surface area contributed by atoms with Gasteiger partial charge in [0.1, 0.15) is 4.99 Å². The summed E-state index contributed by atoms with van der Waals surface area (Å²) in [7, 11) is 2.16. The molecule has 2 aromatic heterocycles. The maximum absolute atomic E-state index is 9.77. The number of carboxylic acids is 2. The van der Waals surface area contributed by atoms with Crippen molar-refractivity contribution in [2.45, 2.75) is 31.5 Å². The molecular formula is C24H30N6O6S. The number of hydrazone groups is 1. The molecule has 4 rings (SSSR count). The van der Waals surface area contributed by atoms with Crippen LogP contribution in [0, 0.1) is 0 Å². The first-order valence-electron chi connectivity index (χ1n) is 11.7. The summed E-state index contributed by atoms with van der Waals surface area (Å²) >= 11 is 5.48. The molecule has 198 valence electrons. The third kappa shape index (κ3) is 7.73. The van der Waals surface area contributed by atoms with Crippen molar-refractivity contribution in [2.24, 2.45) is 5.10 Å². The van der Waals surface area contributed by atoms with E-state index >= 15 is 0 Å². The number of thiocarbonyl (C=S) groups is 1. The van der Waals surface area contributed by atoms with E-state index in [9.17, 15) is 9.59 Å². The van der Waals surface area contributed by atoms with Gasteiger partial charge < -0.3 is 30.2 Å². The fourth-order valence-electron chi connectivity index (χ4n) is 3.79. The molecule has 37 heavy (non-hydrogen) atoms. The lowest BCUT2D eigenvalue weighted by molar-refractivity contribution is -0.165. The van der Waals surface area contributed by atoms with Crippen molar-refractivity contribution in [3.63, 3.8) is 0 Å². The lowest BCUT2D eigenvalue weighted by Gasteiger charge is -2.33. The Morgan fingerprint density at radius 1 is 1.03 bits per heavy atom. The van der Waals surface area contributed by atoms with Crippen LogP contribution in [0.2, 0.25) is 0 Å². The minimum absolute atomic E-state index is 0.537. The van der Waals surface area contributed by atoms with E-state index in [1.54, 1.807) is 0 Å². The summed E-state index contributed by atoms with van der Waals surface area (Å²) in [6.45, 7) is 4.21. The number of piperazine rings is 1. The maximum Gasteiger partial charge on any atom is 0.335 e. The molecule has 0 saturated carbocycles. The standard InChI is InChI=1S/C20H24N6S.C4H6O6/c1-25-10-12-26(13-11-25)16-7-8-18(22-14-16)20(27)24-23-17-6-2-4-15-5-3-9-21-19(15)17;5-1(3(7)8)2(6)4(9)10/h3,5,7-9,14H,2,4,6,10-13H2,1H3,(H,24,27);1-2,5-6H,(H,7,8)(H,9,10)/b23-17-;. The predicted molar refractivity (Wildman–Crippen MR) is 140 cm³/mol. The van der Waals surface area contributed by atoms with E-state index in [0.29, 0.717) is 4.99 Å². The molecular weight excluding hydrogens is 500 g/mol. The first-order valence-corrected chi connectivity index (χ1v) is 12.1. The van der Waals surface area contributed by atoms with Gasteiger partial charge in [0, 0.05) is 32.4 Å². The topological polar surface area (TPSA) is 172 Å². The number of carboxylic acid groups (broad SMARTS) is 2. The molecule has 2 unspecified atom stereocenters. The molecule has 1 fully saturated rings. The number of fused-ring (bicyclic) bond motifs is 1. The number of hydrogen-bond donors (Lipinski definition) is 5. The summed E-state index contributed by atoms with van der Waals surface area (Å²) in [6, 6.07) is 8.15. The number of carbonyl (C=O) groups is 2. The molecule has 2 atom stereocenters. The number of aryl methyl sites for hydroxylation is 1. The number of aliphatic hydroxyl groups excluding tert-OH is 2. The zero-order valence-corrected chi connectivity index (χ0v) is 21.1. The molecule has 1 aliphatic heterocycles. The summed E-state index contributed by atoms with van der Waals surface area (Å²) in [6.07, 6.45) is 2.24. The van der Waals surface area contributed by atoms with Crippen molar-refractivity contribution in [1.29, 1.82) is 0 Å². The molecule has 12 nitrogen and oxygen atoms in total. The fourth-order valence-corrected chi connectivity index (χ4v) is 3.96. The third-order valence-corrected chi connectivity index (χ3v) is 6.27. The number of nitrogens with zero attached hydrogens (tertiary/aromatic N) is 5. The Labute approximate surface area is 219 Å². The zero-order valence-electron chi connectivity index (χ0n) is 20.3. The predicted octanol–water partition coefficient (Wildman–Crippen LogP) is 0.112. The van der Waals surface area contributed by atoms with Gasteiger partial charge >= 0.3 is 11.9 Å². The first-order chi connectivity index (χ1) is 17.7. The van der Waals surface area contributed by atoms with E-state index in [2.05, 4.69) is 49.5 Å². The van der Waals surface area contributed by atoms with Gasteiger partial charge in [-0.05, 0) is 50.1 Å². The van der Waals surface area contributed by atoms with Crippen molar-refractivity contribution in [3.05, 3.63) is 53.6 Å². The molecule has 5 N–H and O–H groups in total. The number of pyridine rings is 2. The molecule has 0 amide bonds. The Morgan fingerprint density at radius 2 is 1.70 bits per heavy atom. The number of aromatic nitrogens is 2. The van der Waals surface area contributed by atoms with Gasteiger partial charge in [-0.15, -0.1) is 0 Å². The first kappa shape index (κ1) is 28.1. The maximum atomic E-state index is 9.77. The average Bonchev–Trinajstić information content (AvgIpc) is 2.91. The van der Waals surface area contributed by atoms with E-state index < -0.39 is 24.1 Å². The van der Waals surface area contributed by atoms with E-state index in [-0.39, 0.29) is 0 Å². The van der Waals surface area contributed by atoms with Crippen LogP contribution in [-0.2, 0) is 16.0 Å². The second-order valence-electron chi connectivity index (χ2n) is 8.62. The number of hydrogen-bond acceptors (Lipinski definition) is 10. The van der Waals surface area contributed by atoms with Crippen LogP contribution in [-0.4, -0.2) is 103 Å². The number of anilines is 1. The summed E-state index contributed by atoms with van der Waals surface area (Å²) in [5.41, 5.74) is 8.10. The molecule has 0 spiro atoms. The normalized spacial score (nSPS) is 18.1. The summed E-state index contributed by atoms with van der Waals surface area (Å²) in [4.78, 5) is 33.8. The molecule has 0 aromatic carbocycles. The highest BCUT2D eigenvalue weighted by Crippen LogP contribution is 2.19. The Kier molecular flexibility index (Phi) is 9.97. The van der Waals surface area contributed by atoms with E-state index in [4.69, 9.17) is 32.6 Å². The summed E-state index contributed by atoms with van der Waals surface area (Å²) in [5.74, 6) is -3.54. The van der Waals surface area contributed by atoms with Crippen molar-refractivity contribution in [1.82, 2.24) is 20.3 Å². The smallest absolute Gasteiger partial charge is 0.335 e. The largest absolute Gasteiger partial charge is 0.479 e. The molecule has 1 aliphatic carbocycles. The Bertz CT molecular complexity index is 1120. The molecule has 2 aliphatic rings. The fraction of sp³-hybridized carbons (Fsp3) is 0.417. The van der Waals surface area contributed by atoms with E-state index in [0.717, 1.165) is 68.2 Å². The average molecular weight is 531 g/mol. The minimum atomic E-state index is -2.27. The number of likely N-dealkylation sites (N-methyl/N-ethyl adjacent to an activating group) is 1. The van der Waals surface area contributed by atoms with Crippen LogP contribution >= 0.6 is 12.2 Å². The second-order valence-corrected chi connectivity index (χ2v) is 9.03. The van der Waals surface area contributed by atoms with Crippen LogP contribution in [0.5, 0.6) is 0 Å². The monoisotopic (exact) mass is 530 g/mol. The number of aliphatic hydroxyl groups is 2. The second kappa shape index (κ2) is 13.1. The zero-order chi connectivity index (χ0) is 26.9. The molecule has 13 heteroatoms. The van der Waals surface area contributed by atoms with Crippen LogP contribution in [0.3, 0.4) is 0 Å². The van der Waals surface area contributed by atoms with Gasteiger partial charge in [0.25, 0.3) is 0 Å². The third-order valence-electron chi connectivity index (χ3n) is 5.97. The van der Waals surface area contributed by atoms with Gasteiger partial charge in [0.2, 0.25) is 0 Å². The Balaban J connectivity index is 0.000000325. The lowest BCUT2D eigenvalue weighted by Crippen LogP contribution is -2.44. The quantitative estimate of drug-likeness (QED) is 0.253. The van der Waals surface area contributed by atoms with Crippen LogP contribution in [0.4, 0.5) is 5.69 Å². The van der Waals surface area contributed by atoms with Gasteiger partial charge in [0.05, 0.1) is 29.0 Å². The van der Waals surface area contributed by atoms with Crippen LogP contribution in [0.25, 0.3) is 0 Å². The lowest BCUT2D eigenvalue weighted by atomic mass is 9.95. The Hall–Kier alpha value is -3.52. The molecule has 2 aromatic rings. The summed E-state index contributed by atoms with van der Waals surface area (Å²) in [5, 5.41) is 37.1. The summed E-state index contributed by atoms with van der Waals surface area (Å²) < 4.78 is 0. The van der Waals surface area contributed by atoms with Crippen molar-refractivity contribution >= 4 is 40.5 Å². The molecule has 3 heterocycles. The van der Waals surface area contributed by atoms with Gasteiger partial charge in [-0.3, -0.25) is 15.4 Å². The van der Waals surface area contributed by atoms with Gasteiger partial charge in [-0.2, -0.15) is 5.10 Å². The van der Waals surface area contributed by atoms with Gasteiger partial charge in [0.15, 0.2) is 12.2 Å². The van der Waals surface area contributed by atoms with E-state index in [1.807, 2.05) is 24.5 Å². The molecule has 0 bridgehead atoms. The number of rotatable bonds is 6. The highest BCUT2D eigenvalue weighted by Gasteiger charge is 2.29. The van der Waals surface area contributed by atoms with Gasteiger partial charge in [-0.1, -0.05) is 18.3 Å². The Morgan fingerprint density at radius 3 is 2.30 bits per heavy atom. The molecule has 0 radical (unpaired) electrons. The van der Waals surface area contributed by atoms with Crippen LogP contribution in [0.15, 0.2) is 41.8 Å². The SMILES string of the molecule is CN1CCN(c2ccc(C(=S)N/N=C3/CCCc4cccnc43)nc2)CC1.O=C(O)C(O)C(O)C(=O)O. The molecule has 1 saturated heterocycles. The van der Waals surface area contributed by atoms with Crippen LogP contribution in [0.1, 0.15) is 29.8 Å². The number of nitrogens with one attached hydrogen (secondary N) is 1. The van der Waals surface area contributed by atoms with E-state index in [1.165, 1.54) is 5.56 Å². The number of aliphatic carboxylic acids is 2. The van der Waals surface area contributed by atoms with Gasteiger partial charge in [-0.25, -0.2) is 9.59 Å².